The van der Waals surface area contributed by atoms with Gasteiger partial charge in [0.2, 0.25) is 5.91 Å². The molecule has 1 aromatic heterocycles. The first-order valence-corrected chi connectivity index (χ1v) is 10.4. The SMILES string of the molecule is Cc1nn(Cc2ccccc2Cl)c(Cl)c1C(=O)Nc1ccc(N2CCCC2=O)cc1. The highest BCUT2D eigenvalue weighted by Crippen LogP contribution is 2.26. The predicted octanol–water partition coefficient (Wildman–Crippen LogP) is 4.93. The number of halogens is 2. The van der Waals surface area contributed by atoms with Gasteiger partial charge in [-0.05, 0) is 49.2 Å². The Labute approximate surface area is 184 Å². The van der Waals surface area contributed by atoms with Gasteiger partial charge < -0.3 is 10.2 Å². The minimum atomic E-state index is -0.340. The molecule has 1 aliphatic heterocycles. The van der Waals surface area contributed by atoms with E-state index in [1.54, 1.807) is 34.7 Å². The number of carbonyl (C=O) groups is 2. The normalized spacial score (nSPS) is 13.7. The fourth-order valence-corrected chi connectivity index (χ4v) is 4.06. The first kappa shape index (κ1) is 20.4. The van der Waals surface area contributed by atoms with Crippen LogP contribution in [0.25, 0.3) is 0 Å². The highest BCUT2D eigenvalue weighted by molar-refractivity contribution is 6.34. The summed E-state index contributed by atoms with van der Waals surface area (Å²) >= 11 is 12.7. The van der Waals surface area contributed by atoms with Gasteiger partial charge in [0.1, 0.15) is 5.15 Å². The van der Waals surface area contributed by atoms with Crippen molar-refractivity contribution >= 4 is 46.4 Å². The number of benzene rings is 2. The number of rotatable bonds is 5. The number of hydrogen-bond donors (Lipinski definition) is 1. The lowest BCUT2D eigenvalue weighted by atomic mass is 10.2. The van der Waals surface area contributed by atoms with Gasteiger partial charge in [-0.2, -0.15) is 5.10 Å². The molecule has 3 aromatic rings. The van der Waals surface area contributed by atoms with E-state index in [2.05, 4.69) is 10.4 Å². The molecule has 0 bridgehead atoms. The molecule has 1 N–H and O–H groups in total. The summed E-state index contributed by atoms with van der Waals surface area (Å²) < 4.78 is 1.56. The summed E-state index contributed by atoms with van der Waals surface area (Å²) in [4.78, 5) is 26.5. The van der Waals surface area contributed by atoms with Crippen LogP contribution in [0.2, 0.25) is 10.2 Å². The van der Waals surface area contributed by atoms with Gasteiger partial charge in [0.15, 0.2) is 0 Å². The molecule has 0 saturated carbocycles. The van der Waals surface area contributed by atoms with Crippen molar-refractivity contribution in [1.82, 2.24) is 9.78 Å². The number of amides is 2. The van der Waals surface area contributed by atoms with Crippen LogP contribution in [-0.4, -0.2) is 28.1 Å². The van der Waals surface area contributed by atoms with Crippen LogP contribution in [0, 0.1) is 6.92 Å². The van der Waals surface area contributed by atoms with Crippen molar-refractivity contribution in [3.05, 3.63) is 75.5 Å². The van der Waals surface area contributed by atoms with Crippen molar-refractivity contribution in [3.63, 3.8) is 0 Å². The average Bonchev–Trinajstić information content (AvgIpc) is 3.27. The Hall–Kier alpha value is -2.83. The molecule has 1 saturated heterocycles. The summed E-state index contributed by atoms with van der Waals surface area (Å²) in [6.07, 6.45) is 1.45. The van der Waals surface area contributed by atoms with Gasteiger partial charge in [-0.15, -0.1) is 0 Å². The molecule has 4 rings (SSSR count). The second-order valence-corrected chi connectivity index (χ2v) is 7.92. The zero-order chi connectivity index (χ0) is 21.3. The molecule has 1 aliphatic rings. The molecule has 0 spiro atoms. The molecule has 2 amide bonds. The quantitative estimate of drug-likeness (QED) is 0.609. The zero-order valence-corrected chi connectivity index (χ0v) is 17.9. The standard InChI is InChI=1S/C22H20Cl2N4O2/c1-14-20(21(24)28(26-14)13-15-5-2-3-6-18(15)23)22(30)25-16-8-10-17(11-9-16)27-12-4-7-19(27)29/h2-3,5-6,8-11H,4,7,12-13H2,1H3,(H,25,30). The second-order valence-electron chi connectivity index (χ2n) is 7.15. The number of aryl methyl sites for hydroxylation is 1. The van der Waals surface area contributed by atoms with E-state index in [1.807, 2.05) is 30.3 Å². The molecule has 2 aromatic carbocycles. The first-order valence-electron chi connectivity index (χ1n) is 9.62. The lowest BCUT2D eigenvalue weighted by molar-refractivity contribution is -0.117. The minimum Gasteiger partial charge on any atom is -0.322 e. The van der Waals surface area contributed by atoms with Gasteiger partial charge >= 0.3 is 0 Å². The van der Waals surface area contributed by atoms with Crippen LogP contribution >= 0.6 is 23.2 Å². The van der Waals surface area contributed by atoms with Gasteiger partial charge in [-0.25, -0.2) is 4.68 Å². The molecule has 30 heavy (non-hydrogen) atoms. The fourth-order valence-electron chi connectivity index (χ4n) is 3.54. The molecule has 1 fully saturated rings. The van der Waals surface area contributed by atoms with Crippen LogP contribution in [0.4, 0.5) is 11.4 Å². The first-order chi connectivity index (χ1) is 14.4. The largest absolute Gasteiger partial charge is 0.322 e. The molecule has 154 valence electrons. The van der Waals surface area contributed by atoms with E-state index in [4.69, 9.17) is 23.2 Å². The van der Waals surface area contributed by atoms with Gasteiger partial charge in [0.25, 0.3) is 5.91 Å². The maximum absolute atomic E-state index is 12.8. The number of aromatic nitrogens is 2. The van der Waals surface area contributed by atoms with E-state index in [1.165, 1.54) is 0 Å². The number of carbonyl (C=O) groups excluding carboxylic acids is 2. The molecule has 0 unspecified atom stereocenters. The molecule has 0 radical (unpaired) electrons. The lowest BCUT2D eigenvalue weighted by Crippen LogP contribution is -2.23. The maximum Gasteiger partial charge on any atom is 0.260 e. The second kappa shape index (κ2) is 8.50. The predicted molar refractivity (Wildman–Crippen MR) is 119 cm³/mol. The third-order valence-corrected chi connectivity index (χ3v) is 5.83. The molecule has 0 aliphatic carbocycles. The van der Waals surface area contributed by atoms with Gasteiger partial charge in [0.05, 0.1) is 17.8 Å². The van der Waals surface area contributed by atoms with E-state index in [-0.39, 0.29) is 17.0 Å². The topological polar surface area (TPSA) is 67.2 Å². The Bertz CT molecular complexity index is 1110. The Morgan fingerprint density at radius 3 is 2.53 bits per heavy atom. The lowest BCUT2D eigenvalue weighted by Gasteiger charge is -2.16. The van der Waals surface area contributed by atoms with Crippen LogP contribution in [0.5, 0.6) is 0 Å². The molecular weight excluding hydrogens is 423 g/mol. The van der Waals surface area contributed by atoms with Crippen molar-refractivity contribution in [2.24, 2.45) is 0 Å². The van der Waals surface area contributed by atoms with E-state index in [9.17, 15) is 9.59 Å². The van der Waals surface area contributed by atoms with Gasteiger partial charge in [-0.3, -0.25) is 9.59 Å². The van der Waals surface area contributed by atoms with Crippen molar-refractivity contribution < 1.29 is 9.59 Å². The monoisotopic (exact) mass is 442 g/mol. The van der Waals surface area contributed by atoms with Gasteiger partial charge in [0, 0.05) is 29.4 Å². The Morgan fingerprint density at radius 2 is 1.87 bits per heavy atom. The van der Waals surface area contributed by atoms with E-state index >= 15 is 0 Å². The Morgan fingerprint density at radius 1 is 1.13 bits per heavy atom. The summed E-state index contributed by atoms with van der Waals surface area (Å²) in [7, 11) is 0. The number of anilines is 2. The summed E-state index contributed by atoms with van der Waals surface area (Å²) in [6.45, 7) is 2.83. The van der Waals surface area contributed by atoms with Crippen molar-refractivity contribution in [1.29, 1.82) is 0 Å². The van der Waals surface area contributed by atoms with Crippen LogP contribution in [-0.2, 0) is 11.3 Å². The molecule has 2 heterocycles. The minimum absolute atomic E-state index is 0.125. The fraction of sp³-hybridized carbons (Fsp3) is 0.227. The Kier molecular flexibility index (Phi) is 5.79. The average molecular weight is 443 g/mol. The Balaban J connectivity index is 1.50. The van der Waals surface area contributed by atoms with Crippen molar-refractivity contribution in [2.45, 2.75) is 26.3 Å². The van der Waals surface area contributed by atoms with Crippen LogP contribution in [0.3, 0.4) is 0 Å². The van der Waals surface area contributed by atoms with E-state index in [0.29, 0.717) is 34.9 Å². The van der Waals surface area contributed by atoms with Crippen LogP contribution in [0.15, 0.2) is 48.5 Å². The van der Waals surface area contributed by atoms with Crippen LogP contribution in [0.1, 0.15) is 34.5 Å². The zero-order valence-electron chi connectivity index (χ0n) is 16.4. The third-order valence-electron chi connectivity index (χ3n) is 5.08. The van der Waals surface area contributed by atoms with E-state index in [0.717, 1.165) is 24.2 Å². The number of nitrogens with one attached hydrogen (secondary N) is 1. The van der Waals surface area contributed by atoms with E-state index < -0.39 is 0 Å². The molecule has 0 atom stereocenters. The third kappa shape index (κ3) is 4.06. The molecule has 6 nitrogen and oxygen atoms in total. The maximum atomic E-state index is 12.8. The molecule has 8 heteroatoms. The van der Waals surface area contributed by atoms with Gasteiger partial charge in [-0.1, -0.05) is 41.4 Å². The number of hydrogen-bond acceptors (Lipinski definition) is 3. The summed E-state index contributed by atoms with van der Waals surface area (Å²) in [5.41, 5.74) is 3.16. The smallest absolute Gasteiger partial charge is 0.260 e. The van der Waals surface area contributed by atoms with Crippen molar-refractivity contribution in [3.8, 4) is 0 Å². The summed E-state index contributed by atoms with van der Waals surface area (Å²) in [5.74, 6) is -0.215. The summed E-state index contributed by atoms with van der Waals surface area (Å²) in [5, 5.41) is 8.13. The summed E-state index contributed by atoms with van der Waals surface area (Å²) in [6, 6.07) is 14.6. The van der Waals surface area contributed by atoms with Crippen LogP contribution < -0.4 is 10.2 Å². The highest BCUT2D eigenvalue weighted by Gasteiger charge is 2.23. The molecular formula is C22H20Cl2N4O2. The van der Waals surface area contributed by atoms with Crippen molar-refractivity contribution in [2.75, 3.05) is 16.8 Å². The number of nitrogens with zero attached hydrogens (tertiary/aromatic N) is 3. The highest BCUT2D eigenvalue weighted by atomic mass is 35.5.